The fraction of sp³-hybridized carbons (Fsp3) is 0.522. The number of unbranched alkanes of at least 4 members (excludes halogenated alkanes) is 36. The maximum Gasteiger partial charge on any atom is 0.0499 e. The Kier molecular flexibility index (Phi) is 27.5. The largest absolute Gasteiger partial charge is 0.340 e. The Bertz CT molecular complexity index is 4090. The molecule has 6 heteroatoms. The van der Waals surface area contributed by atoms with Crippen LogP contribution in [0.1, 0.15) is 285 Å². The zero-order valence-corrected chi connectivity index (χ0v) is 63.1. The number of hydrogen-bond acceptors (Lipinski definition) is 2. The lowest BCUT2D eigenvalue weighted by Gasteiger charge is -2.10. The molecule has 6 heterocycles. The van der Waals surface area contributed by atoms with Gasteiger partial charge in [-0.1, -0.05) is 295 Å². The normalized spacial score (nSPS) is 12.2. The van der Waals surface area contributed by atoms with E-state index in [1.807, 2.05) is 22.7 Å². The van der Waals surface area contributed by atoms with Crippen LogP contribution in [0, 0.1) is 0 Å². The molecule has 0 atom stereocenters. The molecule has 4 nitrogen and oxygen atoms in total. The first-order valence-corrected chi connectivity index (χ1v) is 42.4. The molecule has 6 aromatic carbocycles. The number of hydrogen-bond donors (Lipinski definition) is 0. The highest BCUT2D eigenvalue weighted by Gasteiger charge is 2.22. The maximum absolute atomic E-state index is 2.74. The molecule has 0 aliphatic rings. The lowest BCUT2D eigenvalue weighted by Crippen LogP contribution is -1.99. The first-order valence-electron chi connectivity index (χ1n) is 40.7. The third-order valence-corrected chi connectivity index (χ3v) is 24.4. The van der Waals surface area contributed by atoms with Crippen molar-refractivity contribution < 1.29 is 0 Å². The number of rotatable bonds is 47. The fourth-order valence-electron chi connectivity index (χ4n) is 16.9. The molecule has 6 aromatic heterocycles. The molecule has 0 fully saturated rings. The van der Waals surface area contributed by atoms with Crippen molar-refractivity contribution >= 4 is 110 Å². The second-order valence-electron chi connectivity index (χ2n) is 30.0. The Balaban J connectivity index is 0.921. The van der Waals surface area contributed by atoms with Crippen molar-refractivity contribution in [3.8, 4) is 32.0 Å². The summed E-state index contributed by atoms with van der Waals surface area (Å²) in [5, 5.41) is 15.7. The molecule has 0 amide bonds. The molecule has 0 unspecified atom stereocenters. The Hall–Kier alpha value is -6.08. The van der Waals surface area contributed by atoms with Gasteiger partial charge in [-0.05, 0) is 144 Å². The van der Waals surface area contributed by atoms with Gasteiger partial charge in [-0.2, -0.15) is 0 Å². The summed E-state index contributed by atoms with van der Waals surface area (Å²) in [7, 11) is 0. The van der Waals surface area contributed by atoms with Crippen LogP contribution in [0.3, 0.4) is 0 Å². The number of aromatic nitrogens is 4. The Labute approximate surface area is 599 Å². The summed E-state index contributed by atoms with van der Waals surface area (Å²) in [5.41, 5.74) is 16.4. The minimum absolute atomic E-state index is 1.04. The molecule has 0 N–H and O–H groups in total. The van der Waals surface area contributed by atoms with Crippen molar-refractivity contribution in [2.75, 3.05) is 0 Å². The van der Waals surface area contributed by atoms with Crippen LogP contribution in [0.5, 0.6) is 0 Å². The van der Waals surface area contributed by atoms with Crippen LogP contribution < -0.4 is 0 Å². The Morgan fingerprint density at radius 2 is 0.408 bits per heavy atom. The summed E-state index contributed by atoms with van der Waals surface area (Å²) < 4.78 is 10.9. The molecule has 0 spiro atoms. The van der Waals surface area contributed by atoms with Crippen molar-refractivity contribution in [1.29, 1.82) is 0 Å². The smallest absolute Gasteiger partial charge is 0.0499 e. The number of benzene rings is 6. The van der Waals surface area contributed by atoms with E-state index >= 15 is 0 Å². The predicted molar refractivity (Wildman–Crippen MR) is 438 cm³/mol. The van der Waals surface area contributed by atoms with E-state index in [0.29, 0.717) is 0 Å². The molecule has 0 aliphatic carbocycles. The number of fused-ring (bicyclic) bond motifs is 12. The Morgan fingerprint density at radius 1 is 0.204 bits per heavy atom. The molecule has 0 bridgehead atoms. The molecule has 0 saturated heterocycles. The summed E-state index contributed by atoms with van der Waals surface area (Å²) in [5.74, 6) is 0. The number of aryl methyl sites for hydroxylation is 4. The van der Waals surface area contributed by atoms with Crippen LogP contribution in [-0.2, 0) is 26.2 Å². The van der Waals surface area contributed by atoms with E-state index in [9.17, 15) is 0 Å². The second kappa shape index (κ2) is 37.6. The predicted octanol–water partition coefficient (Wildman–Crippen LogP) is 30.9. The molecule has 0 radical (unpaired) electrons. The van der Waals surface area contributed by atoms with Crippen LogP contribution in [0.15, 0.2) is 132 Å². The minimum atomic E-state index is 1.04. The Morgan fingerprint density at radius 3 is 0.633 bits per heavy atom. The fourth-order valence-corrected chi connectivity index (χ4v) is 18.4. The SMILES string of the molecule is CCCCCCCCCCCCn1c2ccc(-c3ccc4c(c3)c3cc5c(cc3n4CCCCCCCCCCCC)c3cc(-c4cccs4)ccc3n5CCCCCCCCCCCC)cc2c2cc3c(cc21)c1cc(-c2cccs2)ccc1n3CCCCCCCCCCCC. The van der Waals surface area contributed by atoms with Crippen LogP contribution in [0.2, 0.25) is 0 Å². The standard InChI is InChI=1S/C92H122N4S2/c1-5-9-13-17-21-25-29-33-37-41-57-93-83-53-49-71(63-75(83)79-67-89-81(69-87(79)93)77-65-73(91-47-45-61-97-91)51-55-85(77)95(89)59-43-39-35-31-27-23-19-15-11-7-3)72-50-54-84-76(64-72)80-68-90-82(70-88(80)94(84)58-42-38-34-30-26-22-18-14-10-6-2)78-66-74(92-48-46-62-98-92)52-56-86(78)96(90)60-44-40-36-32-28-24-20-16-12-8-4/h45-56,61-70H,5-44,57-60H2,1-4H3. The zero-order valence-electron chi connectivity index (χ0n) is 61.4. The van der Waals surface area contributed by atoms with Gasteiger partial charge in [-0.15, -0.1) is 22.7 Å². The van der Waals surface area contributed by atoms with Gasteiger partial charge in [-0.3, -0.25) is 0 Å². The minimum Gasteiger partial charge on any atom is -0.340 e. The van der Waals surface area contributed by atoms with Crippen LogP contribution >= 0.6 is 22.7 Å². The molecule has 0 saturated carbocycles. The van der Waals surface area contributed by atoms with Crippen molar-refractivity contribution in [2.24, 2.45) is 0 Å². The third-order valence-electron chi connectivity index (χ3n) is 22.6. The molecular weight excluding hydrogens is 1230 g/mol. The van der Waals surface area contributed by atoms with Crippen LogP contribution in [-0.4, -0.2) is 18.3 Å². The van der Waals surface area contributed by atoms with Gasteiger partial charge in [0, 0.05) is 123 Å². The van der Waals surface area contributed by atoms with Gasteiger partial charge < -0.3 is 18.3 Å². The summed E-state index contributed by atoms with van der Waals surface area (Å²) in [4.78, 5) is 2.70. The van der Waals surface area contributed by atoms with E-state index < -0.39 is 0 Å². The monoisotopic (exact) mass is 1350 g/mol. The summed E-state index contributed by atoms with van der Waals surface area (Å²) in [6.45, 7) is 13.5. The van der Waals surface area contributed by atoms with Gasteiger partial charge in [0.25, 0.3) is 0 Å². The second-order valence-corrected chi connectivity index (χ2v) is 31.9. The van der Waals surface area contributed by atoms with Crippen LogP contribution in [0.4, 0.5) is 0 Å². The van der Waals surface area contributed by atoms with Gasteiger partial charge in [0.15, 0.2) is 0 Å². The van der Waals surface area contributed by atoms with Crippen molar-refractivity contribution in [2.45, 2.75) is 311 Å². The molecule has 522 valence electrons. The highest BCUT2D eigenvalue weighted by Crippen LogP contribution is 2.44. The van der Waals surface area contributed by atoms with Crippen molar-refractivity contribution in [3.63, 3.8) is 0 Å². The lowest BCUT2D eigenvalue weighted by atomic mass is 10.00. The van der Waals surface area contributed by atoms with Crippen molar-refractivity contribution in [3.05, 3.63) is 132 Å². The van der Waals surface area contributed by atoms with E-state index in [1.165, 1.54) is 376 Å². The average molecular weight is 1350 g/mol. The molecular formula is C92H122N4S2. The van der Waals surface area contributed by atoms with Gasteiger partial charge in [-0.25, -0.2) is 0 Å². The highest BCUT2D eigenvalue weighted by atomic mass is 32.1. The van der Waals surface area contributed by atoms with Crippen LogP contribution in [0.25, 0.3) is 119 Å². The molecule has 98 heavy (non-hydrogen) atoms. The number of nitrogens with zero attached hydrogens (tertiary/aromatic N) is 4. The van der Waals surface area contributed by atoms with Gasteiger partial charge >= 0.3 is 0 Å². The van der Waals surface area contributed by atoms with E-state index in [0.717, 1.165) is 26.2 Å². The van der Waals surface area contributed by atoms with E-state index in [1.54, 1.807) is 0 Å². The zero-order chi connectivity index (χ0) is 67.1. The maximum atomic E-state index is 2.74. The first kappa shape index (κ1) is 71.7. The van der Waals surface area contributed by atoms with E-state index in [4.69, 9.17) is 0 Å². The van der Waals surface area contributed by atoms with Crippen molar-refractivity contribution in [1.82, 2.24) is 18.3 Å². The first-order chi connectivity index (χ1) is 48.6. The quantitative estimate of drug-likeness (QED) is 0.0339. The topological polar surface area (TPSA) is 19.7 Å². The summed E-state index contributed by atoms with van der Waals surface area (Å²) in [6, 6.07) is 49.4. The van der Waals surface area contributed by atoms with E-state index in [-0.39, 0.29) is 0 Å². The lowest BCUT2D eigenvalue weighted by molar-refractivity contribution is 0.541. The van der Waals surface area contributed by atoms with Gasteiger partial charge in [0.2, 0.25) is 0 Å². The summed E-state index contributed by atoms with van der Waals surface area (Å²) in [6.07, 6.45) is 54.0. The van der Waals surface area contributed by atoms with Gasteiger partial charge in [0.1, 0.15) is 0 Å². The molecule has 12 aromatic rings. The average Bonchev–Trinajstić information content (AvgIpc) is 1.57. The highest BCUT2D eigenvalue weighted by molar-refractivity contribution is 7.13. The van der Waals surface area contributed by atoms with E-state index in [2.05, 4.69) is 178 Å². The summed E-state index contributed by atoms with van der Waals surface area (Å²) >= 11 is 3.71. The van der Waals surface area contributed by atoms with Gasteiger partial charge in [0.05, 0.1) is 0 Å². The molecule has 12 rings (SSSR count). The third kappa shape index (κ3) is 17.8. The molecule has 0 aliphatic heterocycles. The number of thiophene rings is 2.